The minimum Gasteiger partial charge on any atom is -0.476 e. The van der Waals surface area contributed by atoms with Gasteiger partial charge >= 0.3 is 5.97 Å². The van der Waals surface area contributed by atoms with Gasteiger partial charge in [0.15, 0.2) is 5.69 Å². The molecule has 1 aromatic carbocycles. The summed E-state index contributed by atoms with van der Waals surface area (Å²) in [6.45, 7) is 1.79. The smallest absolute Gasteiger partial charge is 0.355 e. The van der Waals surface area contributed by atoms with E-state index in [4.69, 9.17) is 5.11 Å². The van der Waals surface area contributed by atoms with Crippen molar-refractivity contribution in [2.24, 2.45) is 0 Å². The Labute approximate surface area is 130 Å². The SMILES string of the molecule is CC(NC(=O)CSc1ccccc1)c1nc(C(=O)O)cs1. The van der Waals surface area contributed by atoms with Gasteiger partial charge in [-0.25, -0.2) is 9.78 Å². The second-order valence-electron chi connectivity index (χ2n) is 4.27. The lowest BCUT2D eigenvalue weighted by atomic mass is 10.3. The quantitative estimate of drug-likeness (QED) is 0.800. The monoisotopic (exact) mass is 322 g/mol. The predicted molar refractivity (Wildman–Crippen MR) is 82.8 cm³/mol. The summed E-state index contributed by atoms with van der Waals surface area (Å²) in [5.74, 6) is -0.856. The van der Waals surface area contributed by atoms with Crippen LogP contribution in [0.25, 0.3) is 0 Å². The van der Waals surface area contributed by atoms with Crippen LogP contribution in [0.2, 0.25) is 0 Å². The van der Waals surface area contributed by atoms with Gasteiger partial charge in [-0.05, 0) is 19.1 Å². The van der Waals surface area contributed by atoms with Crippen molar-refractivity contribution in [1.29, 1.82) is 0 Å². The van der Waals surface area contributed by atoms with E-state index in [0.29, 0.717) is 10.8 Å². The number of carbonyl (C=O) groups is 2. The van der Waals surface area contributed by atoms with Gasteiger partial charge in [0.05, 0.1) is 11.8 Å². The highest BCUT2D eigenvalue weighted by Crippen LogP contribution is 2.20. The summed E-state index contributed by atoms with van der Waals surface area (Å²) in [5.41, 5.74) is 0.00904. The maximum absolute atomic E-state index is 11.9. The van der Waals surface area contributed by atoms with Crippen molar-refractivity contribution in [1.82, 2.24) is 10.3 Å². The van der Waals surface area contributed by atoms with Crippen LogP contribution in [0.4, 0.5) is 0 Å². The topological polar surface area (TPSA) is 79.3 Å². The molecule has 21 heavy (non-hydrogen) atoms. The molecule has 1 atom stereocenters. The summed E-state index contributed by atoms with van der Waals surface area (Å²) in [4.78, 5) is 27.7. The number of benzene rings is 1. The average Bonchev–Trinajstić information content (AvgIpc) is 2.96. The first-order valence-electron chi connectivity index (χ1n) is 6.22. The molecular formula is C14H14N2O3S2. The van der Waals surface area contributed by atoms with Crippen molar-refractivity contribution in [2.45, 2.75) is 17.9 Å². The minimum absolute atomic E-state index is 0.00904. The number of nitrogens with zero attached hydrogens (tertiary/aromatic N) is 1. The number of hydrogen-bond donors (Lipinski definition) is 2. The van der Waals surface area contributed by atoms with Gasteiger partial charge in [-0.3, -0.25) is 4.79 Å². The van der Waals surface area contributed by atoms with Crippen molar-refractivity contribution in [3.05, 3.63) is 46.4 Å². The number of carbonyl (C=O) groups excluding carboxylic acids is 1. The Bertz CT molecular complexity index is 628. The first kappa shape index (κ1) is 15.5. The molecule has 0 bridgehead atoms. The molecule has 0 aliphatic carbocycles. The standard InChI is InChI=1S/C14H14N2O3S2/c1-9(13-16-11(7-21-13)14(18)19)15-12(17)8-20-10-5-3-2-4-6-10/h2-7,9H,8H2,1H3,(H,15,17)(H,18,19). The maximum atomic E-state index is 11.9. The number of nitrogens with one attached hydrogen (secondary N) is 1. The Morgan fingerprint density at radius 1 is 1.38 bits per heavy atom. The molecule has 1 aromatic heterocycles. The zero-order valence-electron chi connectivity index (χ0n) is 11.3. The van der Waals surface area contributed by atoms with E-state index in [1.807, 2.05) is 30.3 Å². The third kappa shape index (κ3) is 4.57. The lowest BCUT2D eigenvalue weighted by Crippen LogP contribution is -2.28. The van der Waals surface area contributed by atoms with Crippen LogP contribution < -0.4 is 5.32 Å². The third-order valence-corrected chi connectivity index (χ3v) is 4.64. The highest BCUT2D eigenvalue weighted by molar-refractivity contribution is 8.00. The molecule has 0 aliphatic rings. The Morgan fingerprint density at radius 3 is 2.71 bits per heavy atom. The molecule has 0 fully saturated rings. The molecule has 2 N–H and O–H groups in total. The van der Waals surface area contributed by atoms with Crippen LogP contribution in [0.15, 0.2) is 40.6 Å². The molecule has 0 saturated carbocycles. The Morgan fingerprint density at radius 2 is 2.10 bits per heavy atom. The van der Waals surface area contributed by atoms with Gasteiger partial charge in [0, 0.05) is 10.3 Å². The van der Waals surface area contributed by atoms with Crippen LogP contribution in [0.1, 0.15) is 28.5 Å². The lowest BCUT2D eigenvalue weighted by Gasteiger charge is -2.10. The zero-order chi connectivity index (χ0) is 15.2. The molecule has 7 heteroatoms. The molecule has 5 nitrogen and oxygen atoms in total. The van der Waals surface area contributed by atoms with Crippen LogP contribution in [0.3, 0.4) is 0 Å². The molecule has 1 heterocycles. The molecule has 2 rings (SSSR count). The van der Waals surface area contributed by atoms with Gasteiger partial charge in [-0.1, -0.05) is 18.2 Å². The first-order chi connectivity index (χ1) is 10.1. The number of carboxylic acids is 1. The second kappa shape index (κ2) is 7.24. The van der Waals surface area contributed by atoms with Gasteiger partial charge in [-0.15, -0.1) is 23.1 Å². The van der Waals surface area contributed by atoms with E-state index in [9.17, 15) is 9.59 Å². The zero-order valence-corrected chi connectivity index (χ0v) is 12.9. The van der Waals surface area contributed by atoms with Crippen molar-refractivity contribution in [3.8, 4) is 0 Å². The van der Waals surface area contributed by atoms with E-state index in [0.717, 1.165) is 4.90 Å². The summed E-state index contributed by atoms with van der Waals surface area (Å²) in [6, 6.07) is 9.36. The summed E-state index contributed by atoms with van der Waals surface area (Å²) >= 11 is 2.68. The highest BCUT2D eigenvalue weighted by Gasteiger charge is 2.15. The van der Waals surface area contributed by atoms with Crippen LogP contribution in [0, 0.1) is 0 Å². The molecule has 0 spiro atoms. The van der Waals surface area contributed by atoms with Crippen molar-refractivity contribution in [3.63, 3.8) is 0 Å². The maximum Gasteiger partial charge on any atom is 0.355 e. The number of rotatable bonds is 6. The van der Waals surface area contributed by atoms with Gasteiger partial charge in [0.2, 0.25) is 5.91 Å². The molecule has 1 amide bonds. The highest BCUT2D eigenvalue weighted by atomic mass is 32.2. The van der Waals surface area contributed by atoms with Crippen molar-refractivity contribution in [2.75, 3.05) is 5.75 Å². The molecule has 0 radical (unpaired) electrons. The summed E-state index contributed by atoms with van der Waals surface area (Å²) in [6.07, 6.45) is 0. The number of amides is 1. The minimum atomic E-state index is -1.06. The van der Waals surface area contributed by atoms with Gasteiger partial charge in [-0.2, -0.15) is 0 Å². The largest absolute Gasteiger partial charge is 0.476 e. The van der Waals surface area contributed by atoms with Crippen LogP contribution in [-0.2, 0) is 4.79 Å². The summed E-state index contributed by atoms with van der Waals surface area (Å²) in [7, 11) is 0. The third-order valence-electron chi connectivity index (χ3n) is 2.60. The van der Waals surface area contributed by atoms with E-state index < -0.39 is 5.97 Å². The first-order valence-corrected chi connectivity index (χ1v) is 8.08. The van der Waals surface area contributed by atoms with Crippen molar-refractivity contribution >= 4 is 35.0 Å². The van der Waals surface area contributed by atoms with Crippen LogP contribution in [0.5, 0.6) is 0 Å². The fraction of sp³-hybridized carbons (Fsp3) is 0.214. The number of thioether (sulfide) groups is 1. The Hall–Kier alpha value is -1.86. The van der Waals surface area contributed by atoms with E-state index in [1.54, 1.807) is 6.92 Å². The lowest BCUT2D eigenvalue weighted by molar-refractivity contribution is -0.119. The molecule has 0 aliphatic heterocycles. The normalized spacial score (nSPS) is 11.9. The molecule has 110 valence electrons. The van der Waals surface area contributed by atoms with Crippen molar-refractivity contribution < 1.29 is 14.7 Å². The van der Waals surface area contributed by atoms with Gasteiger partial charge < -0.3 is 10.4 Å². The number of carboxylic acid groups (broad SMARTS) is 1. The average molecular weight is 322 g/mol. The fourth-order valence-electron chi connectivity index (χ4n) is 1.60. The van der Waals surface area contributed by atoms with E-state index in [2.05, 4.69) is 10.3 Å². The van der Waals surface area contributed by atoms with Gasteiger partial charge in [0.25, 0.3) is 0 Å². The molecule has 0 saturated heterocycles. The Kier molecular flexibility index (Phi) is 5.35. The Balaban J connectivity index is 1.85. The van der Waals surface area contributed by atoms with Gasteiger partial charge in [0.1, 0.15) is 5.01 Å². The van der Waals surface area contributed by atoms with E-state index in [1.165, 1.54) is 28.5 Å². The number of thiazole rings is 1. The number of aromatic carboxylic acids is 1. The molecule has 1 unspecified atom stereocenters. The summed E-state index contributed by atoms with van der Waals surface area (Å²) < 4.78 is 0. The second-order valence-corrected chi connectivity index (χ2v) is 6.21. The number of hydrogen-bond acceptors (Lipinski definition) is 5. The molecular weight excluding hydrogens is 308 g/mol. The van der Waals surface area contributed by atoms with Crippen LogP contribution in [-0.4, -0.2) is 27.7 Å². The number of aromatic nitrogens is 1. The van der Waals surface area contributed by atoms with E-state index >= 15 is 0 Å². The van der Waals surface area contributed by atoms with Crippen LogP contribution >= 0.6 is 23.1 Å². The van der Waals surface area contributed by atoms with E-state index in [-0.39, 0.29) is 17.6 Å². The fourth-order valence-corrected chi connectivity index (χ4v) is 3.13. The predicted octanol–water partition coefficient (Wildman–Crippen LogP) is 2.81. The molecule has 2 aromatic rings. The summed E-state index contributed by atoms with van der Waals surface area (Å²) in [5, 5.41) is 13.7.